The van der Waals surface area contributed by atoms with Gasteiger partial charge in [0.25, 0.3) is 0 Å². The minimum atomic E-state index is -0.956. The molecule has 1 fully saturated rings. The maximum Gasteiger partial charge on any atom is 0.341 e. The SMILES string of the molecule is CI.C[C@@H](NC1CCC(c2cccc(OCC(=O)O)c2)C1)c1cccc2ccccc12. The summed E-state index contributed by atoms with van der Waals surface area (Å²) in [6.07, 6.45) is 3.35. The molecule has 2 unspecified atom stereocenters. The Labute approximate surface area is 198 Å². The van der Waals surface area contributed by atoms with Gasteiger partial charge >= 0.3 is 5.97 Å². The highest BCUT2D eigenvalue weighted by Gasteiger charge is 2.27. The first-order valence-corrected chi connectivity index (χ1v) is 12.8. The van der Waals surface area contributed by atoms with Crippen LogP contribution in [0.15, 0.2) is 66.7 Å². The molecule has 0 spiro atoms. The summed E-state index contributed by atoms with van der Waals surface area (Å²) < 4.78 is 5.34. The summed E-state index contributed by atoms with van der Waals surface area (Å²) >= 11 is 2.15. The minimum Gasteiger partial charge on any atom is -0.482 e. The topological polar surface area (TPSA) is 58.6 Å². The quantitative estimate of drug-likeness (QED) is 0.276. The van der Waals surface area contributed by atoms with Crippen LogP contribution in [-0.4, -0.2) is 28.7 Å². The van der Waals surface area contributed by atoms with Crippen molar-refractivity contribution in [3.8, 4) is 5.75 Å². The Morgan fingerprint density at radius 2 is 1.84 bits per heavy atom. The number of rotatable bonds is 7. The van der Waals surface area contributed by atoms with Crippen molar-refractivity contribution in [2.75, 3.05) is 11.5 Å². The van der Waals surface area contributed by atoms with Crippen molar-refractivity contribution >= 4 is 39.3 Å². The molecule has 4 nitrogen and oxygen atoms in total. The Bertz CT molecular complexity index is 1000. The first-order valence-electron chi connectivity index (χ1n) is 10.7. The third-order valence-corrected chi connectivity index (χ3v) is 5.90. The molecule has 0 aromatic heterocycles. The van der Waals surface area contributed by atoms with Gasteiger partial charge in [-0.2, -0.15) is 0 Å². The lowest BCUT2D eigenvalue weighted by Gasteiger charge is -2.21. The Hall–Kier alpha value is -2.12. The standard InChI is InChI=1S/C25H27NO3.CH3I/c1-17(23-11-5-7-18-6-2-3-10-24(18)23)26-21-13-12-20(14-21)19-8-4-9-22(15-19)29-16-25(27)28;1-2/h2-11,15,17,20-21,26H,12-14,16H2,1H3,(H,27,28);1H3/t17-,20?,21?;/m1./s1. The van der Waals surface area contributed by atoms with Gasteiger partial charge in [-0.1, -0.05) is 77.2 Å². The van der Waals surface area contributed by atoms with E-state index in [4.69, 9.17) is 9.84 Å². The molecule has 0 aliphatic heterocycles. The highest BCUT2D eigenvalue weighted by atomic mass is 127. The van der Waals surface area contributed by atoms with Crippen LogP contribution < -0.4 is 10.1 Å². The van der Waals surface area contributed by atoms with Crippen LogP contribution in [0.2, 0.25) is 0 Å². The zero-order valence-electron chi connectivity index (χ0n) is 18.1. The van der Waals surface area contributed by atoms with Crippen molar-refractivity contribution in [2.45, 2.75) is 44.2 Å². The number of halogens is 1. The van der Waals surface area contributed by atoms with E-state index < -0.39 is 5.97 Å². The Morgan fingerprint density at radius 1 is 1.10 bits per heavy atom. The molecule has 5 heteroatoms. The number of hydrogen-bond acceptors (Lipinski definition) is 3. The van der Waals surface area contributed by atoms with Gasteiger partial charge in [-0.05, 0) is 71.1 Å². The van der Waals surface area contributed by atoms with Gasteiger partial charge in [-0.3, -0.25) is 0 Å². The summed E-state index contributed by atoms with van der Waals surface area (Å²) in [4.78, 5) is 12.7. The predicted octanol–water partition coefficient (Wildman–Crippen LogP) is 6.34. The second kappa shape index (κ2) is 11.5. The molecule has 0 radical (unpaired) electrons. The highest BCUT2D eigenvalue weighted by molar-refractivity contribution is 14.1. The van der Waals surface area contributed by atoms with E-state index in [1.54, 1.807) is 0 Å². The van der Waals surface area contributed by atoms with Gasteiger partial charge in [-0.15, -0.1) is 0 Å². The van der Waals surface area contributed by atoms with Gasteiger partial charge in [0.2, 0.25) is 0 Å². The Morgan fingerprint density at radius 3 is 2.65 bits per heavy atom. The van der Waals surface area contributed by atoms with Gasteiger partial charge in [-0.25, -0.2) is 4.79 Å². The van der Waals surface area contributed by atoms with Crippen LogP contribution in [0, 0.1) is 0 Å². The molecule has 1 aliphatic carbocycles. The van der Waals surface area contributed by atoms with Crippen LogP contribution in [0.25, 0.3) is 10.8 Å². The van der Waals surface area contributed by atoms with Gasteiger partial charge in [0.05, 0.1) is 0 Å². The minimum absolute atomic E-state index is 0.287. The second-order valence-corrected chi connectivity index (χ2v) is 7.92. The zero-order chi connectivity index (χ0) is 22.2. The summed E-state index contributed by atoms with van der Waals surface area (Å²) in [5.74, 6) is 0.147. The van der Waals surface area contributed by atoms with Gasteiger partial charge in [0.15, 0.2) is 6.61 Å². The summed E-state index contributed by atoms with van der Waals surface area (Å²) in [5.41, 5.74) is 2.57. The molecule has 1 saturated carbocycles. The number of carboxylic acid groups (broad SMARTS) is 1. The molecule has 31 heavy (non-hydrogen) atoms. The number of hydrogen-bond donors (Lipinski definition) is 2. The van der Waals surface area contributed by atoms with Crippen molar-refractivity contribution < 1.29 is 14.6 Å². The lowest BCUT2D eigenvalue weighted by atomic mass is 9.96. The molecule has 3 atom stereocenters. The molecule has 0 bridgehead atoms. The van der Waals surface area contributed by atoms with E-state index in [-0.39, 0.29) is 12.6 Å². The zero-order valence-corrected chi connectivity index (χ0v) is 20.2. The molecule has 0 amide bonds. The van der Waals surface area contributed by atoms with Crippen molar-refractivity contribution in [3.05, 3.63) is 77.9 Å². The molecular weight excluding hydrogens is 501 g/mol. The lowest BCUT2D eigenvalue weighted by molar-refractivity contribution is -0.139. The Balaban J connectivity index is 0.00000132. The number of nitrogens with one attached hydrogen (secondary N) is 1. The molecule has 2 N–H and O–H groups in total. The molecule has 3 aromatic rings. The average Bonchev–Trinajstić information content (AvgIpc) is 3.27. The predicted molar refractivity (Wildman–Crippen MR) is 135 cm³/mol. The smallest absolute Gasteiger partial charge is 0.341 e. The summed E-state index contributed by atoms with van der Waals surface area (Å²) in [6, 6.07) is 23.7. The van der Waals surface area contributed by atoms with Crippen LogP contribution in [0.3, 0.4) is 0 Å². The van der Waals surface area contributed by atoms with Crippen molar-refractivity contribution in [3.63, 3.8) is 0 Å². The third kappa shape index (κ3) is 6.20. The van der Waals surface area contributed by atoms with E-state index >= 15 is 0 Å². The van der Waals surface area contributed by atoms with Crippen LogP contribution in [0.5, 0.6) is 5.75 Å². The number of alkyl halides is 1. The first-order chi connectivity index (χ1) is 15.1. The van der Waals surface area contributed by atoms with Gasteiger partial charge in [0, 0.05) is 12.1 Å². The van der Waals surface area contributed by atoms with E-state index in [2.05, 4.69) is 83.4 Å². The van der Waals surface area contributed by atoms with Crippen LogP contribution in [-0.2, 0) is 4.79 Å². The maximum atomic E-state index is 10.7. The molecule has 1 aliphatic rings. The summed E-state index contributed by atoms with van der Waals surface area (Å²) in [7, 11) is 0. The van der Waals surface area contributed by atoms with Crippen LogP contribution in [0.1, 0.15) is 49.3 Å². The maximum absolute atomic E-state index is 10.7. The van der Waals surface area contributed by atoms with Crippen molar-refractivity contribution in [1.82, 2.24) is 5.32 Å². The van der Waals surface area contributed by atoms with E-state index in [9.17, 15) is 4.79 Å². The van der Waals surface area contributed by atoms with Crippen molar-refractivity contribution in [2.24, 2.45) is 0 Å². The van der Waals surface area contributed by atoms with Gasteiger partial charge in [0.1, 0.15) is 5.75 Å². The van der Waals surface area contributed by atoms with Crippen LogP contribution in [0.4, 0.5) is 0 Å². The first kappa shape index (κ1) is 23.5. The third-order valence-electron chi connectivity index (χ3n) is 5.90. The summed E-state index contributed by atoms with van der Waals surface area (Å²) in [5, 5.41) is 15.2. The number of ether oxygens (including phenoxy) is 1. The number of fused-ring (bicyclic) bond motifs is 1. The molecule has 0 saturated heterocycles. The van der Waals surface area contributed by atoms with E-state index in [1.807, 2.05) is 23.1 Å². The lowest BCUT2D eigenvalue weighted by Crippen LogP contribution is -2.29. The Kier molecular flexibility index (Phi) is 8.72. The average molecular weight is 531 g/mol. The van der Waals surface area contributed by atoms with E-state index in [0.29, 0.717) is 17.7 Å². The molecule has 3 aromatic carbocycles. The fourth-order valence-electron chi connectivity index (χ4n) is 4.51. The second-order valence-electron chi connectivity index (χ2n) is 7.92. The monoisotopic (exact) mass is 531 g/mol. The number of aliphatic carboxylic acids is 1. The highest BCUT2D eigenvalue weighted by Crippen LogP contribution is 2.37. The largest absolute Gasteiger partial charge is 0.482 e. The summed E-state index contributed by atoms with van der Waals surface area (Å²) in [6.45, 7) is 1.94. The normalized spacial score (nSPS) is 18.8. The molecule has 164 valence electrons. The number of carbonyl (C=O) groups is 1. The van der Waals surface area contributed by atoms with Crippen LogP contribution >= 0.6 is 22.6 Å². The fraction of sp³-hybridized carbons (Fsp3) is 0.346. The van der Waals surface area contributed by atoms with E-state index in [1.165, 1.54) is 21.9 Å². The van der Waals surface area contributed by atoms with Gasteiger partial charge < -0.3 is 15.2 Å². The van der Waals surface area contributed by atoms with E-state index in [0.717, 1.165) is 19.3 Å². The molecule has 4 rings (SSSR count). The fourth-order valence-corrected chi connectivity index (χ4v) is 4.51. The number of carboxylic acids is 1. The van der Waals surface area contributed by atoms with Crippen molar-refractivity contribution in [1.29, 1.82) is 0 Å². The number of benzene rings is 3. The molecular formula is C26H30INO3. The molecule has 0 heterocycles.